The van der Waals surface area contributed by atoms with Crippen molar-refractivity contribution in [1.82, 2.24) is 9.80 Å². The molecule has 3 aromatic rings. The van der Waals surface area contributed by atoms with Crippen LogP contribution in [-0.2, 0) is 12.7 Å². The molecule has 0 aromatic heterocycles. The molecule has 0 unspecified atom stereocenters. The molecule has 180 valence electrons. The quantitative estimate of drug-likeness (QED) is 0.436. The van der Waals surface area contributed by atoms with Crippen molar-refractivity contribution in [1.29, 1.82) is 5.26 Å². The minimum Gasteiger partial charge on any atom is -0.336 e. The Labute approximate surface area is 207 Å². The lowest BCUT2D eigenvalue weighted by molar-refractivity contribution is -0.137. The largest absolute Gasteiger partial charge is 0.416 e. The normalized spacial score (nSPS) is 18.0. The molecule has 0 aliphatic carbocycles. The van der Waals surface area contributed by atoms with E-state index in [1.807, 2.05) is 31.3 Å². The number of hydrogen-bond acceptors (Lipinski definition) is 3. The summed E-state index contributed by atoms with van der Waals surface area (Å²) in [6, 6.07) is 21.2. The van der Waals surface area contributed by atoms with Gasteiger partial charge in [-0.15, -0.1) is 0 Å². The number of hydrogen-bond donors (Lipinski definition) is 0. The van der Waals surface area contributed by atoms with Gasteiger partial charge in [-0.2, -0.15) is 18.4 Å². The highest BCUT2D eigenvalue weighted by molar-refractivity contribution is 6.30. The van der Waals surface area contributed by atoms with Gasteiger partial charge in [-0.1, -0.05) is 35.9 Å². The molecule has 0 radical (unpaired) electrons. The predicted molar refractivity (Wildman–Crippen MR) is 128 cm³/mol. The molecule has 0 N–H and O–H groups in total. The molecule has 0 saturated carbocycles. The second kappa shape index (κ2) is 10.1. The predicted octanol–water partition coefficient (Wildman–Crippen LogP) is 5.97. The fourth-order valence-corrected chi connectivity index (χ4v) is 4.74. The van der Waals surface area contributed by atoms with Crippen LogP contribution in [0.25, 0.3) is 0 Å². The van der Waals surface area contributed by atoms with Gasteiger partial charge in [-0.25, -0.2) is 0 Å². The SMILES string of the molecule is CN(Cc1ccc(C(F)(F)F)cc1)[C@H]1CN(C(=O)c2ccc(C#N)cc2)C[C@@H]1c1cccc(Cl)c1. The lowest BCUT2D eigenvalue weighted by Gasteiger charge is -2.29. The molecule has 3 aromatic carbocycles. The van der Waals surface area contributed by atoms with E-state index in [-0.39, 0.29) is 17.9 Å². The van der Waals surface area contributed by atoms with Gasteiger partial charge in [0.2, 0.25) is 0 Å². The Morgan fingerprint density at radius 3 is 2.37 bits per heavy atom. The summed E-state index contributed by atoms with van der Waals surface area (Å²) in [5, 5.41) is 9.62. The van der Waals surface area contributed by atoms with Crippen molar-refractivity contribution in [2.45, 2.75) is 24.7 Å². The second-order valence-corrected chi connectivity index (χ2v) is 9.17. The van der Waals surface area contributed by atoms with Crippen molar-refractivity contribution in [3.63, 3.8) is 0 Å². The van der Waals surface area contributed by atoms with Gasteiger partial charge in [0.05, 0.1) is 17.2 Å². The van der Waals surface area contributed by atoms with Crippen LogP contribution < -0.4 is 0 Å². The number of nitriles is 1. The average Bonchev–Trinajstić information content (AvgIpc) is 3.29. The molecule has 4 nitrogen and oxygen atoms in total. The van der Waals surface area contributed by atoms with E-state index in [0.29, 0.717) is 35.8 Å². The van der Waals surface area contributed by atoms with Gasteiger partial charge in [-0.3, -0.25) is 9.69 Å². The van der Waals surface area contributed by atoms with Gasteiger partial charge < -0.3 is 4.90 Å². The standard InChI is InChI=1S/C27H23ClF3N3O/c1-33(15-19-7-11-22(12-8-19)27(29,30)31)25-17-34(16-24(25)21-3-2-4-23(28)13-21)26(35)20-9-5-18(14-32)6-10-20/h2-13,24-25H,15-17H2,1H3/t24-,25+/m1/s1. The van der Waals surface area contributed by atoms with Gasteiger partial charge in [-0.05, 0) is 66.7 Å². The summed E-state index contributed by atoms with van der Waals surface area (Å²) in [5.74, 6) is -0.164. The number of halogens is 4. The molecule has 1 amide bonds. The number of benzene rings is 3. The molecule has 1 fully saturated rings. The fraction of sp³-hybridized carbons (Fsp3) is 0.259. The van der Waals surface area contributed by atoms with Gasteiger partial charge in [0.25, 0.3) is 5.91 Å². The number of carbonyl (C=O) groups is 1. The first-order valence-corrected chi connectivity index (χ1v) is 11.4. The Morgan fingerprint density at radius 2 is 1.77 bits per heavy atom. The molecule has 0 spiro atoms. The zero-order valence-corrected chi connectivity index (χ0v) is 19.7. The Hall–Kier alpha value is -3.34. The van der Waals surface area contributed by atoms with E-state index in [2.05, 4.69) is 4.90 Å². The Bertz CT molecular complexity index is 1240. The summed E-state index contributed by atoms with van der Waals surface area (Å²) in [7, 11) is 1.91. The third-order valence-corrected chi connectivity index (χ3v) is 6.63. The summed E-state index contributed by atoms with van der Waals surface area (Å²) < 4.78 is 38.8. The van der Waals surface area contributed by atoms with Crippen LogP contribution in [0.15, 0.2) is 72.8 Å². The van der Waals surface area contributed by atoms with Crippen LogP contribution in [0.2, 0.25) is 5.02 Å². The highest BCUT2D eigenvalue weighted by Gasteiger charge is 2.39. The monoisotopic (exact) mass is 497 g/mol. The smallest absolute Gasteiger partial charge is 0.336 e. The maximum atomic E-state index is 13.2. The lowest BCUT2D eigenvalue weighted by Crippen LogP contribution is -2.38. The average molecular weight is 498 g/mol. The topological polar surface area (TPSA) is 47.3 Å². The van der Waals surface area contributed by atoms with E-state index < -0.39 is 11.7 Å². The van der Waals surface area contributed by atoms with Crippen molar-refractivity contribution in [3.8, 4) is 6.07 Å². The first kappa shape index (κ1) is 24.8. The van der Waals surface area contributed by atoms with E-state index in [4.69, 9.17) is 16.9 Å². The number of alkyl halides is 3. The number of rotatable bonds is 5. The summed E-state index contributed by atoms with van der Waals surface area (Å²) in [6.07, 6.45) is -4.38. The van der Waals surface area contributed by atoms with Crippen LogP contribution in [-0.4, -0.2) is 41.9 Å². The van der Waals surface area contributed by atoms with Crippen molar-refractivity contribution in [2.24, 2.45) is 0 Å². The highest BCUT2D eigenvalue weighted by atomic mass is 35.5. The summed E-state index contributed by atoms with van der Waals surface area (Å²) in [5.41, 5.74) is 2.05. The summed E-state index contributed by atoms with van der Waals surface area (Å²) >= 11 is 6.24. The zero-order valence-electron chi connectivity index (χ0n) is 19.0. The zero-order chi connectivity index (χ0) is 25.2. The second-order valence-electron chi connectivity index (χ2n) is 8.74. The Morgan fingerprint density at radius 1 is 1.09 bits per heavy atom. The van der Waals surface area contributed by atoms with Crippen LogP contribution in [0.3, 0.4) is 0 Å². The van der Waals surface area contributed by atoms with E-state index in [1.165, 1.54) is 12.1 Å². The maximum absolute atomic E-state index is 13.2. The molecule has 1 aliphatic heterocycles. The van der Waals surface area contributed by atoms with E-state index in [1.54, 1.807) is 35.2 Å². The molecule has 8 heteroatoms. The number of likely N-dealkylation sites (N-methyl/N-ethyl adjacent to an activating group) is 1. The molecule has 4 rings (SSSR count). The van der Waals surface area contributed by atoms with Crippen molar-refractivity contribution in [2.75, 3.05) is 20.1 Å². The van der Waals surface area contributed by atoms with Crippen LogP contribution in [0.1, 0.15) is 38.5 Å². The first-order chi connectivity index (χ1) is 16.7. The van der Waals surface area contributed by atoms with Crippen molar-refractivity contribution in [3.05, 3.63) is 106 Å². The van der Waals surface area contributed by atoms with Gasteiger partial charge in [0.1, 0.15) is 0 Å². The molecule has 2 atom stereocenters. The van der Waals surface area contributed by atoms with Gasteiger partial charge in [0, 0.05) is 42.2 Å². The summed E-state index contributed by atoms with van der Waals surface area (Å²) in [4.78, 5) is 17.1. The lowest BCUT2D eigenvalue weighted by atomic mass is 9.93. The maximum Gasteiger partial charge on any atom is 0.416 e. The minimum absolute atomic E-state index is 0.0320. The van der Waals surface area contributed by atoms with E-state index >= 15 is 0 Å². The highest BCUT2D eigenvalue weighted by Crippen LogP contribution is 2.34. The van der Waals surface area contributed by atoms with E-state index in [9.17, 15) is 18.0 Å². The molecular formula is C27H23ClF3N3O. The van der Waals surface area contributed by atoms with Crippen LogP contribution in [0, 0.1) is 11.3 Å². The molecule has 0 bridgehead atoms. The van der Waals surface area contributed by atoms with E-state index in [0.717, 1.165) is 23.3 Å². The minimum atomic E-state index is -4.38. The number of carbonyl (C=O) groups excluding carboxylic acids is 1. The Balaban J connectivity index is 1.57. The van der Waals surface area contributed by atoms with Crippen LogP contribution >= 0.6 is 11.6 Å². The van der Waals surface area contributed by atoms with Crippen LogP contribution in [0.5, 0.6) is 0 Å². The third kappa shape index (κ3) is 5.67. The molecule has 35 heavy (non-hydrogen) atoms. The molecule has 1 heterocycles. The first-order valence-electron chi connectivity index (χ1n) is 11.1. The van der Waals surface area contributed by atoms with Crippen molar-refractivity contribution < 1.29 is 18.0 Å². The number of likely N-dealkylation sites (tertiary alicyclic amines) is 1. The molecule has 1 aliphatic rings. The summed E-state index contributed by atoms with van der Waals surface area (Å²) in [6.45, 7) is 1.35. The van der Waals surface area contributed by atoms with Gasteiger partial charge in [0.15, 0.2) is 0 Å². The number of nitrogens with zero attached hydrogens (tertiary/aromatic N) is 3. The van der Waals surface area contributed by atoms with Gasteiger partial charge >= 0.3 is 6.18 Å². The van der Waals surface area contributed by atoms with Crippen molar-refractivity contribution >= 4 is 17.5 Å². The third-order valence-electron chi connectivity index (χ3n) is 6.39. The molecular weight excluding hydrogens is 475 g/mol. The number of amides is 1. The fourth-order valence-electron chi connectivity index (χ4n) is 4.54. The Kier molecular flexibility index (Phi) is 7.15. The van der Waals surface area contributed by atoms with Crippen LogP contribution in [0.4, 0.5) is 13.2 Å². The molecule has 1 saturated heterocycles.